The quantitative estimate of drug-likeness (QED) is 0.867. The van der Waals surface area contributed by atoms with Crippen molar-refractivity contribution in [3.8, 4) is 0 Å². The van der Waals surface area contributed by atoms with Crippen molar-refractivity contribution in [3.05, 3.63) is 23.9 Å². The Kier molecular flexibility index (Phi) is 3.71. The number of carbonyl (C=O) groups is 2. The summed E-state index contributed by atoms with van der Waals surface area (Å²) in [6.07, 6.45) is 2.16. The normalized spacial score (nSPS) is 18.1. The van der Waals surface area contributed by atoms with E-state index in [1.807, 2.05) is 19.9 Å². The fourth-order valence-electron chi connectivity index (χ4n) is 2.14. The highest BCUT2D eigenvalue weighted by Gasteiger charge is 2.29. The molecule has 1 N–H and O–H groups in total. The molecule has 0 bridgehead atoms. The van der Waals surface area contributed by atoms with Crippen LogP contribution in [0.5, 0.6) is 0 Å². The highest BCUT2D eigenvalue weighted by atomic mass is 16.2. The van der Waals surface area contributed by atoms with Gasteiger partial charge < -0.3 is 5.32 Å². The monoisotopic (exact) mass is 313 g/mol. The molecule has 0 unspecified atom stereocenters. The molecule has 1 aliphatic carbocycles. The van der Waals surface area contributed by atoms with Crippen molar-refractivity contribution in [1.29, 1.82) is 0 Å². The Hall–Kier alpha value is -2.57. The minimum absolute atomic E-state index is 0.124. The zero-order chi connectivity index (χ0) is 16.7. The summed E-state index contributed by atoms with van der Waals surface area (Å²) in [7, 11) is 0. The van der Waals surface area contributed by atoms with Crippen LogP contribution >= 0.6 is 0 Å². The Morgan fingerprint density at radius 2 is 2.09 bits per heavy atom. The number of rotatable bonds is 3. The Balaban J connectivity index is 2.00. The Morgan fingerprint density at radius 3 is 2.65 bits per heavy atom. The minimum atomic E-state index is -0.433. The fraction of sp³-hybridized carbons (Fsp3) is 0.438. The molecule has 2 aliphatic rings. The van der Waals surface area contributed by atoms with Crippen molar-refractivity contribution >= 4 is 29.3 Å². The second-order valence-electron chi connectivity index (χ2n) is 6.18. The number of hydrogen-bond acceptors (Lipinski definition) is 4. The number of nitrogens with zero attached hydrogens (tertiary/aromatic N) is 4. The minimum Gasteiger partial charge on any atom is -0.310 e. The van der Waals surface area contributed by atoms with Gasteiger partial charge in [-0.15, -0.1) is 0 Å². The first-order chi connectivity index (χ1) is 10.9. The molecule has 7 heteroatoms. The van der Waals surface area contributed by atoms with Crippen LogP contribution in [0.15, 0.2) is 28.2 Å². The van der Waals surface area contributed by atoms with Gasteiger partial charge in [0.15, 0.2) is 0 Å². The number of anilines is 1. The third-order valence-corrected chi connectivity index (χ3v) is 3.85. The van der Waals surface area contributed by atoms with Crippen LogP contribution in [0.4, 0.5) is 5.82 Å². The largest absolute Gasteiger partial charge is 0.310 e. The Morgan fingerprint density at radius 1 is 1.39 bits per heavy atom. The van der Waals surface area contributed by atoms with Crippen LogP contribution in [0.1, 0.15) is 45.2 Å². The molecular formula is C16H19N5O2. The highest BCUT2D eigenvalue weighted by Crippen LogP contribution is 2.40. The summed E-state index contributed by atoms with van der Waals surface area (Å²) < 4.78 is 1.43. The molecule has 0 saturated heterocycles. The van der Waals surface area contributed by atoms with Crippen LogP contribution in [-0.4, -0.2) is 33.3 Å². The summed E-state index contributed by atoms with van der Waals surface area (Å²) in [6, 6.07) is 1.83. The van der Waals surface area contributed by atoms with Gasteiger partial charge >= 0.3 is 0 Å². The van der Waals surface area contributed by atoms with E-state index >= 15 is 0 Å². The second kappa shape index (κ2) is 5.57. The number of hydrogen-bond donors (Lipinski definition) is 1. The van der Waals surface area contributed by atoms with Gasteiger partial charge in [-0.05, 0) is 19.8 Å². The van der Waals surface area contributed by atoms with Crippen LogP contribution in [-0.2, 0) is 9.59 Å². The van der Waals surface area contributed by atoms with Crippen molar-refractivity contribution in [2.75, 3.05) is 5.32 Å². The summed E-state index contributed by atoms with van der Waals surface area (Å²) in [5.41, 5.74) is 1.66. The van der Waals surface area contributed by atoms with Gasteiger partial charge in [-0.25, -0.2) is 4.99 Å². The summed E-state index contributed by atoms with van der Waals surface area (Å²) in [6.45, 7) is 8.98. The van der Waals surface area contributed by atoms with E-state index in [0.29, 0.717) is 17.4 Å². The van der Waals surface area contributed by atoms with E-state index < -0.39 is 5.91 Å². The lowest BCUT2D eigenvalue weighted by atomic mass is 10.2. The predicted molar refractivity (Wildman–Crippen MR) is 87.8 cm³/mol. The molecule has 0 aromatic carbocycles. The van der Waals surface area contributed by atoms with Gasteiger partial charge in [0.2, 0.25) is 5.91 Å². The van der Waals surface area contributed by atoms with E-state index in [0.717, 1.165) is 18.5 Å². The van der Waals surface area contributed by atoms with Gasteiger partial charge in [0.1, 0.15) is 5.82 Å². The molecule has 7 nitrogen and oxygen atoms in total. The fourth-order valence-corrected chi connectivity index (χ4v) is 2.14. The summed E-state index contributed by atoms with van der Waals surface area (Å²) in [5.74, 6) is 0.332. The molecule has 23 heavy (non-hydrogen) atoms. The molecule has 1 fully saturated rings. The van der Waals surface area contributed by atoms with Crippen molar-refractivity contribution < 1.29 is 9.59 Å². The molecule has 1 aliphatic heterocycles. The molecular weight excluding hydrogens is 294 g/mol. The van der Waals surface area contributed by atoms with Gasteiger partial charge in [-0.2, -0.15) is 14.8 Å². The molecule has 3 rings (SSSR count). The number of carbonyl (C=O) groups excluding carboxylic acids is 2. The van der Waals surface area contributed by atoms with E-state index in [2.05, 4.69) is 27.0 Å². The zero-order valence-electron chi connectivity index (χ0n) is 13.5. The Labute approximate surface area is 134 Å². The number of aliphatic imine (C=N–C) groups is 2. The van der Waals surface area contributed by atoms with Gasteiger partial charge in [0, 0.05) is 17.9 Å². The van der Waals surface area contributed by atoms with Crippen LogP contribution < -0.4 is 5.32 Å². The lowest BCUT2D eigenvalue weighted by molar-refractivity contribution is -0.119. The van der Waals surface area contributed by atoms with E-state index in [1.165, 1.54) is 4.68 Å². The topological polar surface area (TPSA) is 88.7 Å². The van der Waals surface area contributed by atoms with E-state index in [9.17, 15) is 9.59 Å². The smallest absolute Gasteiger partial charge is 0.281 e. The molecule has 1 aromatic rings. The van der Waals surface area contributed by atoms with Crippen LogP contribution in [0.25, 0.3) is 0 Å². The standard InChI is InChI=1S/C16H19N5O2/c1-8(2)14(22)18-13-7-12(11-5-6-11)20-21(13)16-17-10(4)9(3)15(23)19-16/h7-8,11H,3,5-6H2,1-2,4H3,(H,18,22). The van der Waals surface area contributed by atoms with E-state index in [-0.39, 0.29) is 23.4 Å². The van der Waals surface area contributed by atoms with Gasteiger partial charge in [-0.1, -0.05) is 20.4 Å². The summed E-state index contributed by atoms with van der Waals surface area (Å²) >= 11 is 0. The van der Waals surface area contributed by atoms with Crippen LogP contribution in [0, 0.1) is 5.92 Å². The SMILES string of the molecule is C=C1C(=O)N=C(n2nc(C3CC3)cc2NC(=O)C(C)C)N=C1C. The van der Waals surface area contributed by atoms with Gasteiger partial charge in [0.05, 0.1) is 17.0 Å². The lowest BCUT2D eigenvalue weighted by Gasteiger charge is -2.13. The number of aromatic nitrogens is 2. The van der Waals surface area contributed by atoms with Crippen molar-refractivity contribution in [3.63, 3.8) is 0 Å². The van der Waals surface area contributed by atoms with E-state index in [4.69, 9.17) is 0 Å². The maximum Gasteiger partial charge on any atom is 0.281 e. The average Bonchev–Trinajstić information content (AvgIpc) is 3.25. The summed E-state index contributed by atoms with van der Waals surface area (Å²) in [5, 5.41) is 7.31. The first-order valence-corrected chi connectivity index (χ1v) is 7.65. The third kappa shape index (κ3) is 2.99. The van der Waals surface area contributed by atoms with Crippen LogP contribution in [0.3, 0.4) is 0 Å². The zero-order valence-corrected chi connectivity index (χ0v) is 13.5. The van der Waals surface area contributed by atoms with Crippen molar-refractivity contribution in [2.45, 2.75) is 39.5 Å². The maximum atomic E-state index is 12.0. The molecule has 0 atom stereocenters. The van der Waals surface area contributed by atoms with Crippen LogP contribution in [0.2, 0.25) is 0 Å². The van der Waals surface area contributed by atoms with Gasteiger partial charge in [-0.3, -0.25) is 9.59 Å². The lowest BCUT2D eigenvalue weighted by Crippen LogP contribution is -2.26. The third-order valence-electron chi connectivity index (χ3n) is 3.85. The molecule has 1 aromatic heterocycles. The molecule has 2 heterocycles. The molecule has 0 radical (unpaired) electrons. The molecule has 120 valence electrons. The molecule has 1 saturated carbocycles. The summed E-state index contributed by atoms with van der Waals surface area (Å²) in [4.78, 5) is 32.1. The number of nitrogens with one attached hydrogen (secondary N) is 1. The highest BCUT2D eigenvalue weighted by molar-refractivity contribution is 6.27. The molecule has 0 spiro atoms. The average molecular weight is 313 g/mol. The molecule has 2 amide bonds. The predicted octanol–water partition coefficient (Wildman–Crippen LogP) is 2.12. The first kappa shape index (κ1) is 15.3. The number of amides is 2. The van der Waals surface area contributed by atoms with Crippen molar-refractivity contribution in [1.82, 2.24) is 9.78 Å². The Bertz CT molecular complexity index is 765. The maximum absolute atomic E-state index is 12.0. The first-order valence-electron chi connectivity index (χ1n) is 7.65. The van der Waals surface area contributed by atoms with Gasteiger partial charge in [0.25, 0.3) is 11.9 Å². The van der Waals surface area contributed by atoms with Crippen molar-refractivity contribution in [2.24, 2.45) is 15.9 Å². The van der Waals surface area contributed by atoms with E-state index in [1.54, 1.807) is 6.92 Å². The second-order valence-corrected chi connectivity index (χ2v) is 6.18.